The smallest absolute Gasteiger partial charge is 0.306 e. The summed E-state index contributed by atoms with van der Waals surface area (Å²) in [5, 5.41) is 0. The Morgan fingerprint density at radius 2 is 1.68 bits per heavy atom. The molecular weight excluding hydrogens is 402 g/mol. The second-order valence-corrected chi connectivity index (χ2v) is 9.34. The number of hydrogen-bond donors (Lipinski definition) is 0. The highest BCUT2D eigenvalue weighted by atomic mass is 19.3. The molecule has 2 atom stereocenters. The number of hydrogen-bond acceptors (Lipinski definition) is 4. The zero-order valence-electron chi connectivity index (χ0n) is 19.7. The van der Waals surface area contributed by atoms with Gasteiger partial charge in [0.15, 0.2) is 0 Å². The quantitative estimate of drug-likeness (QED) is 0.182. The Morgan fingerprint density at radius 3 is 2.35 bits per heavy atom. The van der Waals surface area contributed by atoms with Crippen LogP contribution in [0.1, 0.15) is 117 Å². The van der Waals surface area contributed by atoms with Crippen molar-refractivity contribution >= 4 is 17.5 Å². The molecule has 0 aromatic heterocycles. The van der Waals surface area contributed by atoms with Gasteiger partial charge in [-0.05, 0) is 51.9 Å². The van der Waals surface area contributed by atoms with Crippen LogP contribution in [0.25, 0.3) is 0 Å². The average Bonchev–Trinajstić information content (AvgIpc) is 3.05. The first-order valence-electron chi connectivity index (χ1n) is 12.3. The van der Waals surface area contributed by atoms with Crippen LogP contribution in [-0.4, -0.2) is 29.6 Å². The molecule has 0 spiro atoms. The summed E-state index contributed by atoms with van der Waals surface area (Å²) in [5.74, 6) is -4.21. The van der Waals surface area contributed by atoms with Crippen molar-refractivity contribution in [3.63, 3.8) is 0 Å². The molecule has 1 aliphatic rings. The van der Waals surface area contributed by atoms with Crippen LogP contribution in [0.15, 0.2) is 0 Å². The molecule has 31 heavy (non-hydrogen) atoms. The van der Waals surface area contributed by atoms with E-state index in [1.807, 2.05) is 20.8 Å². The fraction of sp³-hybridized carbons (Fsp3) is 0.880. The molecular formula is C25H42F2O4. The van der Waals surface area contributed by atoms with Crippen LogP contribution in [-0.2, 0) is 19.1 Å². The van der Waals surface area contributed by atoms with E-state index in [0.717, 1.165) is 51.4 Å². The van der Waals surface area contributed by atoms with E-state index in [-0.39, 0.29) is 42.5 Å². The summed E-state index contributed by atoms with van der Waals surface area (Å²) in [4.78, 5) is 35.8. The summed E-state index contributed by atoms with van der Waals surface area (Å²) >= 11 is 0. The van der Waals surface area contributed by atoms with E-state index in [4.69, 9.17) is 4.74 Å². The number of carbonyl (C=O) groups excluding carboxylic acids is 3. The lowest BCUT2D eigenvalue weighted by molar-refractivity contribution is -0.147. The number of esters is 1. The number of carbonyl (C=O) groups is 3. The standard InChI is InChI=1S/C25H42F2O4/c1-4-5-6-11-18-25(26,27)23(29)17-15-20-14-16-22(28)21(20)12-9-7-8-10-13-24(30)31-19(2)3/h19-21H,4-18H2,1-3H3/t20-,21-/m1/s1. The Morgan fingerprint density at radius 1 is 1.00 bits per heavy atom. The van der Waals surface area contributed by atoms with Gasteiger partial charge in [0.1, 0.15) is 5.78 Å². The molecule has 0 unspecified atom stereocenters. The number of halogens is 2. The van der Waals surface area contributed by atoms with Gasteiger partial charge in [0, 0.05) is 31.6 Å². The highest BCUT2D eigenvalue weighted by Gasteiger charge is 2.39. The van der Waals surface area contributed by atoms with Crippen molar-refractivity contribution < 1.29 is 27.9 Å². The molecule has 0 aromatic carbocycles. The van der Waals surface area contributed by atoms with E-state index in [1.54, 1.807) is 0 Å². The molecule has 1 rings (SSSR count). The summed E-state index contributed by atoms with van der Waals surface area (Å²) in [6, 6.07) is 0. The second-order valence-electron chi connectivity index (χ2n) is 9.34. The summed E-state index contributed by atoms with van der Waals surface area (Å²) in [6.07, 6.45) is 8.67. The maximum atomic E-state index is 14.1. The van der Waals surface area contributed by atoms with E-state index in [9.17, 15) is 23.2 Å². The molecule has 1 aliphatic carbocycles. The molecule has 0 aliphatic heterocycles. The maximum Gasteiger partial charge on any atom is 0.306 e. The monoisotopic (exact) mass is 444 g/mol. The van der Waals surface area contributed by atoms with Crippen LogP contribution < -0.4 is 0 Å². The fourth-order valence-corrected chi connectivity index (χ4v) is 4.44. The van der Waals surface area contributed by atoms with E-state index >= 15 is 0 Å². The molecule has 1 fully saturated rings. The molecule has 0 saturated heterocycles. The molecule has 0 N–H and O–H groups in total. The topological polar surface area (TPSA) is 60.4 Å². The van der Waals surface area contributed by atoms with E-state index in [1.165, 1.54) is 0 Å². The molecule has 0 heterocycles. The molecule has 180 valence electrons. The first kappa shape index (κ1) is 27.7. The van der Waals surface area contributed by atoms with Crippen molar-refractivity contribution in [3.8, 4) is 0 Å². The lowest BCUT2D eigenvalue weighted by Gasteiger charge is -2.20. The van der Waals surface area contributed by atoms with Gasteiger partial charge in [0.05, 0.1) is 6.10 Å². The van der Waals surface area contributed by atoms with Crippen molar-refractivity contribution in [1.82, 2.24) is 0 Å². The van der Waals surface area contributed by atoms with Gasteiger partial charge in [0.2, 0.25) is 5.78 Å². The third-order valence-corrected chi connectivity index (χ3v) is 6.25. The Labute approximate surface area is 186 Å². The number of rotatable bonds is 17. The molecule has 4 nitrogen and oxygen atoms in total. The van der Waals surface area contributed by atoms with Crippen LogP contribution >= 0.6 is 0 Å². The van der Waals surface area contributed by atoms with Gasteiger partial charge in [-0.1, -0.05) is 45.4 Å². The minimum Gasteiger partial charge on any atom is -0.463 e. The zero-order valence-corrected chi connectivity index (χ0v) is 19.7. The van der Waals surface area contributed by atoms with Gasteiger partial charge in [-0.2, -0.15) is 8.78 Å². The minimum absolute atomic E-state index is 0.0494. The summed E-state index contributed by atoms with van der Waals surface area (Å²) < 4.78 is 33.3. The van der Waals surface area contributed by atoms with Crippen LogP contribution in [0.5, 0.6) is 0 Å². The number of ketones is 2. The minimum atomic E-state index is -3.23. The first-order valence-corrected chi connectivity index (χ1v) is 12.3. The Bertz CT molecular complexity index is 560. The summed E-state index contributed by atoms with van der Waals surface area (Å²) in [7, 11) is 0. The van der Waals surface area contributed by atoms with Crippen LogP contribution in [0.2, 0.25) is 0 Å². The number of unbranched alkanes of at least 4 members (excludes halogenated alkanes) is 6. The molecule has 0 amide bonds. The highest BCUT2D eigenvalue weighted by molar-refractivity contribution is 5.86. The van der Waals surface area contributed by atoms with Gasteiger partial charge in [0.25, 0.3) is 0 Å². The predicted octanol–water partition coefficient (Wildman–Crippen LogP) is 6.83. The Kier molecular flexibility index (Phi) is 13.1. The number of alkyl halides is 2. The van der Waals surface area contributed by atoms with Gasteiger partial charge in [-0.25, -0.2) is 0 Å². The Balaban J connectivity index is 2.29. The third kappa shape index (κ3) is 11.2. The fourth-order valence-electron chi connectivity index (χ4n) is 4.44. The molecule has 0 bridgehead atoms. The van der Waals surface area contributed by atoms with E-state index in [2.05, 4.69) is 0 Å². The van der Waals surface area contributed by atoms with Crippen LogP contribution in [0, 0.1) is 11.8 Å². The largest absolute Gasteiger partial charge is 0.463 e. The zero-order chi connectivity index (χ0) is 23.3. The van der Waals surface area contributed by atoms with Gasteiger partial charge in [-0.15, -0.1) is 0 Å². The SMILES string of the molecule is CCCCCCC(F)(F)C(=O)CC[C@H]1CCC(=O)[C@@H]1CCCCCCC(=O)OC(C)C. The van der Waals surface area contributed by atoms with Gasteiger partial charge >= 0.3 is 11.9 Å². The molecule has 0 aromatic rings. The van der Waals surface area contributed by atoms with Crippen LogP contribution in [0.4, 0.5) is 8.78 Å². The van der Waals surface area contributed by atoms with Crippen molar-refractivity contribution in [2.75, 3.05) is 0 Å². The lowest BCUT2D eigenvalue weighted by Crippen LogP contribution is -2.29. The first-order chi connectivity index (χ1) is 14.7. The summed E-state index contributed by atoms with van der Waals surface area (Å²) in [6.45, 7) is 5.68. The number of Topliss-reactive ketones (excluding diaryl/α,β-unsaturated/α-hetero) is 2. The lowest BCUT2D eigenvalue weighted by atomic mass is 9.85. The highest BCUT2D eigenvalue weighted by Crippen LogP contribution is 2.37. The molecule has 1 saturated carbocycles. The van der Waals surface area contributed by atoms with Crippen LogP contribution in [0.3, 0.4) is 0 Å². The van der Waals surface area contributed by atoms with Crippen molar-refractivity contribution in [2.24, 2.45) is 11.8 Å². The van der Waals surface area contributed by atoms with E-state index in [0.29, 0.717) is 32.1 Å². The van der Waals surface area contributed by atoms with Crippen molar-refractivity contribution in [3.05, 3.63) is 0 Å². The van der Waals surface area contributed by atoms with Crippen molar-refractivity contribution in [2.45, 2.75) is 129 Å². The number of ether oxygens (including phenoxy) is 1. The third-order valence-electron chi connectivity index (χ3n) is 6.25. The maximum absolute atomic E-state index is 14.1. The summed E-state index contributed by atoms with van der Waals surface area (Å²) in [5.41, 5.74) is 0. The van der Waals surface area contributed by atoms with Crippen molar-refractivity contribution in [1.29, 1.82) is 0 Å². The Hall–Kier alpha value is -1.33. The van der Waals surface area contributed by atoms with E-state index < -0.39 is 11.7 Å². The molecule has 0 radical (unpaired) electrons. The molecule has 6 heteroatoms. The average molecular weight is 445 g/mol. The normalized spacial score (nSPS) is 19.2. The predicted molar refractivity (Wildman–Crippen MR) is 118 cm³/mol. The van der Waals surface area contributed by atoms with Gasteiger partial charge in [-0.3, -0.25) is 14.4 Å². The second kappa shape index (κ2) is 14.7. The van der Waals surface area contributed by atoms with Gasteiger partial charge < -0.3 is 4.74 Å².